The van der Waals surface area contributed by atoms with Gasteiger partial charge in [0.25, 0.3) is 0 Å². The van der Waals surface area contributed by atoms with Crippen LogP contribution >= 0.6 is 0 Å². The summed E-state index contributed by atoms with van der Waals surface area (Å²) >= 11 is 0. The smallest absolute Gasteiger partial charge is 0.137 e. The zero-order valence-electron chi connectivity index (χ0n) is 10.7. The highest BCUT2D eigenvalue weighted by molar-refractivity contribution is 5.05. The number of nitriles is 1. The van der Waals surface area contributed by atoms with Crippen molar-refractivity contribution in [3.8, 4) is 6.07 Å². The van der Waals surface area contributed by atoms with Crippen LogP contribution in [0.5, 0.6) is 0 Å². The summed E-state index contributed by atoms with van der Waals surface area (Å²) < 4.78 is 1.80. The van der Waals surface area contributed by atoms with Crippen LogP contribution < -0.4 is 5.32 Å². The fraction of sp³-hybridized carbons (Fsp3) is 0.750. The Labute approximate surface area is 103 Å². The molecule has 5 heteroatoms. The van der Waals surface area contributed by atoms with Crippen molar-refractivity contribution >= 4 is 0 Å². The molecule has 0 aromatic carbocycles. The molecule has 1 heterocycles. The van der Waals surface area contributed by atoms with Gasteiger partial charge in [-0.1, -0.05) is 13.8 Å². The lowest BCUT2D eigenvalue weighted by molar-refractivity contribution is 0.352. The van der Waals surface area contributed by atoms with E-state index in [9.17, 15) is 5.26 Å². The van der Waals surface area contributed by atoms with Crippen LogP contribution in [0.1, 0.15) is 39.5 Å². The molecule has 1 unspecified atom stereocenters. The Morgan fingerprint density at radius 3 is 2.82 bits per heavy atom. The summed E-state index contributed by atoms with van der Waals surface area (Å²) in [6, 6.07) is 2.42. The molecular formula is C12H21N5. The molecule has 0 radical (unpaired) electrons. The van der Waals surface area contributed by atoms with Gasteiger partial charge in [0.2, 0.25) is 0 Å². The predicted octanol–water partition coefficient (Wildman–Crippen LogP) is 1.73. The van der Waals surface area contributed by atoms with E-state index in [1.54, 1.807) is 11.0 Å². The Kier molecular flexibility index (Phi) is 5.64. The summed E-state index contributed by atoms with van der Waals surface area (Å²) in [7, 11) is 0. The van der Waals surface area contributed by atoms with Crippen molar-refractivity contribution in [1.82, 2.24) is 20.1 Å². The third-order valence-corrected chi connectivity index (χ3v) is 2.99. The molecule has 0 spiro atoms. The monoisotopic (exact) mass is 235 g/mol. The molecule has 0 aliphatic heterocycles. The number of hydrogen-bond donors (Lipinski definition) is 1. The fourth-order valence-corrected chi connectivity index (χ4v) is 1.82. The van der Waals surface area contributed by atoms with E-state index in [-0.39, 0.29) is 5.54 Å². The summed E-state index contributed by atoms with van der Waals surface area (Å²) in [5.74, 6) is 0. The molecule has 0 saturated carbocycles. The molecule has 0 aliphatic rings. The first-order chi connectivity index (χ1) is 8.26. The van der Waals surface area contributed by atoms with Crippen molar-refractivity contribution in [2.24, 2.45) is 0 Å². The Morgan fingerprint density at radius 2 is 2.29 bits per heavy atom. The second kappa shape index (κ2) is 7.02. The SMILES string of the molecule is CCCNC(C#N)(CC)CCCn1cncn1. The molecule has 0 aliphatic carbocycles. The van der Waals surface area contributed by atoms with Crippen LogP contribution in [-0.4, -0.2) is 26.8 Å². The Balaban J connectivity index is 2.41. The van der Waals surface area contributed by atoms with Crippen molar-refractivity contribution in [3.63, 3.8) is 0 Å². The summed E-state index contributed by atoms with van der Waals surface area (Å²) in [5.41, 5.74) is -0.378. The zero-order chi connectivity index (χ0) is 12.6. The molecule has 5 nitrogen and oxygen atoms in total. The largest absolute Gasteiger partial charge is 0.299 e. The molecule has 1 aromatic rings. The molecule has 0 saturated heterocycles. The van der Waals surface area contributed by atoms with Gasteiger partial charge in [0.05, 0.1) is 6.07 Å². The minimum Gasteiger partial charge on any atom is -0.299 e. The highest BCUT2D eigenvalue weighted by atomic mass is 15.3. The van der Waals surface area contributed by atoms with Gasteiger partial charge in [0.1, 0.15) is 18.2 Å². The summed E-state index contributed by atoms with van der Waals surface area (Å²) in [5, 5.41) is 16.7. The average molecular weight is 235 g/mol. The molecule has 94 valence electrons. The Bertz CT molecular complexity index is 340. The normalized spacial score (nSPS) is 14.2. The predicted molar refractivity (Wildman–Crippen MR) is 66.2 cm³/mol. The fourth-order valence-electron chi connectivity index (χ4n) is 1.82. The number of aromatic nitrogens is 3. The van der Waals surface area contributed by atoms with Crippen LogP contribution in [-0.2, 0) is 6.54 Å². The lowest BCUT2D eigenvalue weighted by atomic mass is 9.92. The van der Waals surface area contributed by atoms with E-state index >= 15 is 0 Å². The summed E-state index contributed by atoms with van der Waals surface area (Å²) in [6.07, 6.45) is 6.90. The molecule has 0 amide bonds. The van der Waals surface area contributed by atoms with Gasteiger partial charge in [-0.15, -0.1) is 0 Å². The van der Waals surface area contributed by atoms with Crippen LogP contribution in [0, 0.1) is 11.3 Å². The number of nitrogens with zero attached hydrogens (tertiary/aromatic N) is 4. The second-order valence-corrected chi connectivity index (χ2v) is 4.24. The van der Waals surface area contributed by atoms with Gasteiger partial charge in [-0.3, -0.25) is 10.00 Å². The molecule has 1 N–H and O–H groups in total. The van der Waals surface area contributed by atoms with Crippen LogP contribution in [0.25, 0.3) is 0 Å². The van der Waals surface area contributed by atoms with Crippen molar-refractivity contribution < 1.29 is 0 Å². The third-order valence-electron chi connectivity index (χ3n) is 2.99. The molecule has 0 fully saturated rings. The van der Waals surface area contributed by atoms with E-state index in [1.807, 2.05) is 0 Å². The topological polar surface area (TPSA) is 66.5 Å². The van der Waals surface area contributed by atoms with Gasteiger partial charge in [-0.05, 0) is 32.2 Å². The molecule has 0 bridgehead atoms. The van der Waals surface area contributed by atoms with Crippen LogP contribution in [0.2, 0.25) is 0 Å². The van der Waals surface area contributed by atoms with Crippen LogP contribution in [0.4, 0.5) is 0 Å². The van der Waals surface area contributed by atoms with E-state index in [4.69, 9.17) is 0 Å². The van der Waals surface area contributed by atoms with Crippen molar-refractivity contribution in [3.05, 3.63) is 12.7 Å². The van der Waals surface area contributed by atoms with Gasteiger partial charge in [-0.2, -0.15) is 10.4 Å². The average Bonchev–Trinajstić information content (AvgIpc) is 2.87. The van der Waals surface area contributed by atoms with E-state index in [1.165, 1.54) is 6.33 Å². The number of aryl methyl sites for hydroxylation is 1. The van der Waals surface area contributed by atoms with E-state index in [0.717, 1.165) is 38.8 Å². The van der Waals surface area contributed by atoms with Crippen molar-refractivity contribution in [2.45, 2.75) is 51.6 Å². The molecule has 1 atom stereocenters. The standard InChI is InChI=1S/C12H21N5/c1-3-7-15-12(4-2,9-13)6-5-8-17-11-14-10-16-17/h10-11,15H,3-8H2,1-2H3. The maximum atomic E-state index is 9.31. The molecule has 1 aromatic heterocycles. The summed E-state index contributed by atoms with van der Waals surface area (Å²) in [6.45, 7) is 5.88. The molecule has 1 rings (SSSR count). The lowest BCUT2D eigenvalue weighted by Crippen LogP contribution is -2.43. The van der Waals surface area contributed by atoms with Gasteiger partial charge >= 0.3 is 0 Å². The highest BCUT2D eigenvalue weighted by Gasteiger charge is 2.26. The maximum Gasteiger partial charge on any atom is 0.137 e. The quantitative estimate of drug-likeness (QED) is 0.745. The molecule has 17 heavy (non-hydrogen) atoms. The third kappa shape index (κ3) is 4.16. The Morgan fingerprint density at radius 1 is 1.47 bits per heavy atom. The van der Waals surface area contributed by atoms with E-state index in [0.29, 0.717) is 0 Å². The number of rotatable bonds is 8. The first-order valence-corrected chi connectivity index (χ1v) is 6.25. The summed E-state index contributed by atoms with van der Waals surface area (Å²) in [4.78, 5) is 3.90. The first-order valence-electron chi connectivity index (χ1n) is 6.25. The second-order valence-electron chi connectivity index (χ2n) is 4.24. The van der Waals surface area contributed by atoms with Crippen LogP contribution in [0.3, 0.4) is 0 Å². The van der Waals surface area contributed by atoms with Gasteiger partial charge in [-0.25, -0.2) is 4.98 Å². The minimum atomic E-state index is -0.378. The minimum absolute atomic E-state index is 0.378. The van der Waals surface area contributed by atoms with E-state index in [2.05, 4.69) is 35.3 Å². The maximum absolute atomic E-state index is 9.31. The van der Waals surface area contributed by atoms with Gasteiger partial charge in [0.15, 0.2) is 0 Å². The first kappa shape index (κ1) is 13.7. The van der Waals surface area contributed by atoms with Crippen molar-refractivity contribution in [2.75, 3.05) is 6.54 Å². The zero-order valence-corrected chi connectivity index (χ0v) is 10.7. The molecular weight excluding hydrogens is 214 g/mol. The lowest BCUT2D eigenvalue weighted by Gasteiger charge is -2.26. The van der Waals surface area contributed by atoms with Crippen LogP contribution in [0.15, 0.2) is 12.7 Å². The Hall–Kier alpha value is -1.41. The number of hydrogen-bond acceptors (Lipinski definition) is 4. The van der Waals surface area contributed by atoms with E-state index < -0.39 is 0 Å². The number of nitrogens with one attached hydrogen (secondary N) is 1. The van der Waals surface area contributed by atoms with Gasteiger partial charge in [0, 0.05) is 6.54 Å². The highest BCUT2D eigenvalue weighted by Crippen LogP contribution is 2.17. The van der Waals surface area contributed by atoms with Crippen molar-refractivity contribution in [1.29, 1.82) is 5.26 Å². The van der Waals surface area contributed by atoms with Gasteiger partial charge < -0.3 is 0 Å².